The van der Waals surface area contributed by atoms with Crippen molar-refractivity contribution in [3.8, 4) is 0 Å². The number of likely N-dealkylation sites (N-methyl/N-ethyl adjacent to an activating group) is 1. The summed E-state index contributed by atoms with van der Waals surface area (Å²) >= 11 is 0. The lowest BCUT2D eigenvalue weighted by molar-refractivity contribution is -0.124. The van der Waals surface area contributed by atoms with Crippen LogP contribution in [0, 0.1) is 0 Å². The molecule has 160 valence electrons. The van der Waals surface area contributed by atoms with E-state index in [1.807, 2.05) is 27.7 Å². The standard InChI is InChI=1S/C22H34N4O3/c1-5-26(15-20(28)25-22(2,3)4)14-19(27)24-18-13-9-8-12-17(18)21(29)23-16-10-6-7-11-16/h8-9,12-13,16H,5-7,10-11,14-15H2,1-4H3,(H,23,29)(H,24,27)(H,25,28). The normalized spacial score (nSPS) is 14.7. The molecule has 0 aromatic heterocycles. The molecule has 1 aromatic rings. The summed E-state index contributed by atoms with van der Waals surface area (Å²) in [6.07, 6.45) is 4.28. The number of hydrogen-bond acceptors (Lipinski definition) is 4. The molecule has 0 saturated heterocycles. The number of amides is 3. The average Bonchev–Trinajstić information content (AvgIpc) is 3.12. The van der Waals surface area contributed by atoms with Gasteiger partial charge in [-0.1, -0.05) is 31.9 Å². The zero-order valence-electron chi connectivity index (χ0n) is 18.0. The topological polar surface area (TPSA) is 90.5 Å². The Morgan fingerprint density at radius 2 is 1.66 bits per heavy atom. The van der Waals surface area contributed by atoms with E-state index in [0.29, 0.717) is 17.8 Å². The molecule has 1 aliphatic rings. The highest BCUT2D eigenvalue weighted by molar-refractivity contribution is 6.04. The molecule has 7 heteroatoms. The van der Waals surface area contributed by atoms with E-state index in [2.05, 4.69) is 16.0 Å². The van der Waals surface area contributed by atoms with Crippen LogP contribution in [0.4, 0.5) is 5.69 Å². The fourth-order valence-corrected chi connectivity index (χ4v) is 3.46. The minimum atomic E-state index is -0.315. The van der Waals surface area contributed by atoms with Gasteiger partial charge in [-0.15, -0.1) is 0 Å². The van der Waals surface area contributed by atoms with Crippen molar-refractivity contribution in [3.05, 3.63) is 29.8 Å². The second-order valence-electron chi connectivity index (χ2n) is 8.65. The molecule has 0 radical (unpaired) electrons. The van der Waals surface area contributed by atoms with Crippen LogP contribution in [-0.4, -0.2) is 53.8 Å². The van der Waals surface area contributed by atoms with Crippen LogP contribution in [0.5, 0.6) is 0 Å². The van der Waals surface area contributed by atoms with Crippen molar-refractivity contribution >= 4 is 23.4 Å². The molecule has 29 heavy (non-hydrogen) atoms. The first kappa shape index (κ1) is 22.9. The highest BCUT2D eigenvalue weighted by Crippen LogP contribution is 2.20. The second kappa shape index (κ2) is 10.4. The maximum atomic E-state index is 12.6. The van der Waals surface area contributed by atoms with Crippen molar-refractivity contribution < 1.29 is 14.4 Å². The summed E-state index contributed by atoms with van der Waals surface area (Å²) in [6.45, 7) is 8.44. The molecule has 1 saturated carbocycles. The number of carbonyl (C=O) groups excluding carboxylic acids is 3. The van der Waals surface area contributed by atoms with Gasteiger partial charge < -0.3 is 16.0 Å². The molecule has 1 aliphatic carbocycles. The van der Waals surface area contributed by atoms with Crippen molar-refractivity contribution in [2.24, 2.45) is 0 Å². The second-order valence-corrected chi connectivity index (χ2v) is 8.65. The molecule has 7 nitrogen and oxygen atoms in total. The number of nitrogens with zero attached hydrogens (tertiary/aromatic N) is 1. The minimum Gasteiger partial charge on any atom is -0.350 e. The van der Waals surface area contributed by atoms with Crippen LogP contribution in [0.2, 0.25) is 0 Å². The number of nitrogens with one attached hydrogen (secondary N) is 3. The number of benzene rings is 1. The highest BCUT2D eigenvalue weighted by atomic mass is 16.2. The van der Waals surface area contributed by atoms with Crippen molar-refractivity contribution in [3.63, 3.8) is 0 Å². The summed E-state index contributed by atoms with van der Waals surface area (Å²) in [5.74, 6) is -0.537. The van der Waals surface area contributed by atoms with Gasteiger partial charge in [-0.25, -0.2) is 0 Å². The Kier molecular flexibility index (Phi) is 8.20. The number of anilines is 1. The lowest BCUT2D eigenvalue weighted by Gasteiger charge is -2.24. The van der Waals surface area contributed by atoms with E-state index in [-0.39, 0.29) is 42.4 Å². The number of hydrogen-bond donors (Lipinski definition) is 3. The zero-order valence-corrected chi connectivity index (χ0v) is 18.0. The van der Waals surface area contributed by atoms with Gasteiger partial charge in [0, 0.05) is 11.6 Å². The third-order valence-electron chi connectivity index (χ3n) is 4.83. The molecule has 0 spiro atoms. The van der Waals surface area contributed by atoms with Gasteiger partial charge in [0.15, 0.2) is 0 Å². The maximum absolute atomic E-state index is 12.6. The number of carbonyl (C=O) groups is 3. The number of rotatable bonds is 8. The third kappa shape index (κ3) is 7.85. The van der Waals surface area contributed by atoms with Crippen LogP contribution in [0.1, 0.15) is 63.7 Å². The monoisotopic (exact) mass is 402 g/mol. The molecule has 0 heterocycles. The van der Waals surface area contributed by atoms with Crippen molar-refractivity contribution in [2.75, 3.05) is 25.0 Å². The first-order chi connectivity index (χ1) is 13.7. The van der Waals surface area contributed by atoms with Crippen LogP contribution in [0.25, 0.3) is 0 Å². The molecule has 2 rings (SSSR count). The Hall–Kier alpha value is -2.41. The maximum Gasteiger partial charge on any atom is 0.253 e. The molecule has 0 atom stereocenters. The van der Waals surface area contributed by atoms with Gasteiger partial charge in [-0.3, -0.25) is 19.3 Å². The van der Waals surface area contributed by atoms with Crippen LogP contribution < -0.4 is 16.0 Å². The molecular formula is C22H34N4O3. The number of para-hydroxylation sites is 1. The van der Waals surface area contributed by atoms with E-state index in [1.165, 1.54) is 0 Å². The highest BCUT2D eigenvalue weighted by Gasteiger charge is 2.21. The molecule has 3 N–H and O–H groups in total. The molecule has 1 aromatic carbocycles. The van der Waals surface area contributed by atoms with Gasteiger partial charge in [0.1, 0.15) is 0 Å². The first-order valence-corrected chi connectivity index (χ1v) is 10.4. The van der Waals surface area contributed by atoms with Gasteiger partial charge in [0.25, 0.3) is 5.91 Å². The van der Waals surface area contributed by atoms with E-state index in [1.54, 1.807) is 29.2 Å². The molecule has 0 aliphatic heterocycles. The van der Waals surface area contributed by atoms with E-state index in [0.717, 1.165) is 25.7 Å². The van der Waals surface area contributed by atoms with Crippen molar-refractivity contribution in [1.29, 1.82) is 0 Å². The molecule has 3 amide bonds. The van der Waals surface area contributed by atoms with E-state index >= 15 is 0 Å². The summed E-state index contributed by atoms with van der Waals surface area (Å²) in [5, 5.41) is 8.78. The first-order valence-electron chi connectivity index (χ1n) is 10.4. The Balaban J connectivity index is 1.95. The summed E-state index contributed by atoms with van der Waals surface area (Å²) in [4.78, 5) is 39.1. The Morgan fingerprint density at radius 1 is 1.03 bits per heavy atom. The quantitative estimate of drug-likeness (QED) is 0.623. The smallest absolute Gasteiger partial charge is 0.253 e. The summed E-state index contributed by atoms with van der Waals surface area (Å²) in [6, 6.07) is 7.23. The van der Waals surface area contributed by atoms with E-state index in [4.69, 9.17) is 0 Å². The van der Waals surface area contributed by atoms with Gasteiger partial charge >= 0.3 is 0 Å². The Morgan fingerprint density at radius 3 is 2.28 bits per heavy atom. The van der Waals surface area contributed by atoms with Gasteiger partial charge in [-0.05, 0) is 52.3 Å². The minimum absolute atomic E-state index is 0.0760. The van der Waals surface area contributed by atoms with Crippen molar-refractivity contribution in [1.82, 2.24) is 15.5 Å². The zero-order chi connectivity index (χ0) is 21.4. The fraction of sp³-hybridized carbons (Fsp3) is 0.591. The average molecular weight is 403 g/mol. The SMILES string of the molecule is CCN(CC(=O)Nc1ccccc1C(=O)NC1CCCC1)CC(=O)NC(C)(C)C. The van der Waals surface area contributed by atoms with Gasteiger partial charge in [0.2, 0.25) is 11.8 Å². The predicted octanol–water partition coefficient (Wildman–Crippen LogP) is 2.53. The van der Waals surface area contributed by atoms with Crippen LogP contribution >= 0.6 is 0 Å². The van der Waals surface area contributed by atoms with Gasteiger partial charge in [-0.2, -0.15) is 0 Å². The largest absolute Gasteiger partial charge is 0.350 e. The predicted molar refractivity (Wildman–Crippen MR) is 115 cm³/mol. The lowest BCUT2D eigenvalue weighted by Crippen LogP contribution is -2.47. The molecular weight excluding hydrogens is 368 g/mol. The summed E-state index contributed by atoms with van der Waals surface area (Å²) in [5.41, 5.74) is 0.633. The Bertz CT molecular complexity index is 721. The summed E-state index contributed by atoms with van der Waals surface area (Å²) in [7, 11) is 0. The van der Waals surface area contributed by atoms with Crippen molar-refractivity contribution in [2.45, 2.75) is 65.0 Å². The summed E-state index contributed by atoms with van der Waals surface area (Å²) < 4.78 is 0. The van der Waals surface area contributed by atoms with Gasteiger partial charge in [0.05, 0.1) is 24.3 Å². The van der Waals surface area contributed by atoms with Crippen LogP contribution in [0.15, 0.2) is 24.3 Å². The Labute approximate surface area is 173 Å². The molecule has 0 unspecified atom stereocenters. The third-order valence-corrected chi connectivity index (χ3v) is 4.83. The van der Waals surface area contributed by atoms with E-state index in [9.17, 15) is 14.4 Å². The van der Waals surface area contributed by atoms with Crippen LogP contribution in [-0.2, 0) is 9.59 Å². The molecule has 0 bridgehead atoms. The molecule has 1 fully saturated rings. The van der Waals surface area contributed by atoms with E-state index < -0.39 is 0 Å². The lowest BCUT2D eigenvalue weighted by atomic mass is 10.1. The fourth-order valence-electron chi connectivity index (χ4n) is 3.46. The van der Waals surface area contributed by atoms with Crippen LogP contribution in [0.3, 0.4) is 0 Å².